The maximum absolute atomic E-state index is 12.8. The number of ether oxygens (including phenoxy) is 1. The maximum Gasteiger partial charge on any atom is 0.339 e. The number of benzene rings is 1. The zero-order valence-electron chi connectivity index (χ0n) is 19.1. The molecule has 33 heavy (non-hydrogen) atoms. The number of hydrogen-bond acceptors (Lipinski definition) is 6. The molecular weight excluding hydrogens is 426 g/mol. The smallest absolute Gasteiger partial charge is 0.339 e. The Morgan fingerprint density at radius 3 is 2.42 bits per heavy atom. The second kappa shape index (κ2) is 10.1. The van der Waals surface area contributed by atoms with Gasteiger partial charge in [0.2, 0.25) is 0 Å². The second-order valence-corrected chi connectivity index (χ2v) is 7.52. The highest BCUT2D eigenvalue weighted by Crippen LogP contribution is 2.16. The predicted octanol–water partition coefficient (Wildman–Crippen LogP) is 1.86. The maximum atomic E-state index is 12.8. The molecule has 0 spiro atoms. The number of carbonyl (C=O) groups is 3. The van der Waals surface area contributed by atoms with Crippen molar-refractivity contribution in [2.75, 3.05) is 6.61 Å². The largest absolute Gasteiger partial charge is 0.462 e. The van der Waals surface area contributed by atoms with Crippen molar-refractivity contribution in [1.29, 1.82) is 0 Å². The minimum absolute atomic E-state index is 0.0388. The molecular formula is C23H27N5O5. The molecule has 0 atom stereocenters. The predicted molar refractivity (Wildman–Crippen MR) is 122 cm³/mol. The van der Waals surface area contributed by atoms with Gasteiger partial charge in [-0.25, -0.2) is 9.48 Å². The van der Waals surface area contributed by atoms with E-state index >= 15 is 0 Å². The van der Waals surface area contributed by atoms with Gasteiger partial charge >= 0.3 is 5.97 Å². The highest BCUT2D eigenvalue weighted by molar-refractivity contribution is 6.05. The van der Waals surface area contributed by atoms with Crippen LogP contribution < -0.4 is 16.4 Å². The molecule has 0 aliphatic carbocycles. The number of carbonyl (C=O) groups excluding carboxylic acids is 3. The van der Waals surface area contributed by atoms with Crippen LogP contribution in [-0.4, -0.2) is 38.7 Å². The van der Waals surface area contributed by atoms with Gasteiger partial charge in [-0.15, -0.1) is 0 Å². The molecule has 0 aliphatic rings. The molecule has 10 nitrogen and oxygen atoms in total. The Labute approximate surface area is 190 Å². The molecule has 1 aromatic carbocycles. The Balaban J connectivity index is 1.76. The van der Waals surface area contributed by atoms with Crippen molar-refractivity contribution in [3.63, 3.8) is 0 Å². The lowest BCUT2D eigenvalue weighted by atomic mass is 10.1. The highest BCUT2D eigenvalue weighted by Gasteiger charge is 2.20. The van der Waals surface area contributed by atoms with Gasteiger partial charge in [-0.05, 0) is 39.3 Å². The molecule has 0 unspecified atom stereocenters. The summed E-state index contributed by atoms with van der Waals surface area (Å²) >= 11 is 0. The first-order valence-corrected chi connectivity index (χ1v) is 10.7. The number of amides is 2. The summed E-state index contributed by atoms with van der Waals surface area (Å²) in [5.41, 5.74) is 6.19. The van der Waals surface area contributed by atoms with Gasteiger partial charge in [-0.1, -0.05) is 25.1 Å². The van der Waals surface area contributed by atoms with E-state index in [1.54, 1.807) is 55.7 Å². The van der Waals surface area contributed by atoms with Crippen LogP contribution in [-0.2, 0) is 22.6 Å². The number of esters is 1. The van der Waals surface area contributed by atoms with E-state index in [9.17, 15) is 19.2 Å². The fraction of sp³-hybridized carbons (Fsp3) is 0.348. The lowest BCUT2D eigenvalue weighted by Crippen LogP contribution is -2.44. The third kappa shape index (κ3) is 4.94. The van der Waals surface area contributed by atoms with Crippen LogP contribution in [0.15, 0.2) is 35.1 Å². The molecule has 0 radical (unpaired) electrons. The standard InChI is InChI=1S/C23H27N5O5/c1-5-11-28-22(31)17-10-8-7-9-16(17)20(26-28)21(30)25-24-19(29)13-27-14(3)12-18(15(27)4)23(32)33-6-2/h7-10,12H,5-6,11,13H2,1-4H3,(H,24,29)(H,25,30). The minimum Gasteiger partial charge on any atom is -0.462 e. The number of nitrogens with zero attached hydrogens (tertiary/aromatic N) is 3. The molecule has 0 aliphatic heterocycles. The normalized spacial score (nSPS) is 10.8. The molecule has 2 heterocycles. The lowest BCUT2D eigenvalue weighted by molar-refractivity contribution is -0.122. The van der Waals surface area contributed by atoms with Gasteiger partial charge in [0, 0.05) is 23.3 Å². The summed E-state index contributed by atoms with van der Waals surface area (Å²) < 4.78 is 7.95. The summed E-state index contributed by atoms with van der Waals surface area (Å²) in [6.45, 7) is 7.63. The fourth-order valence-corrected chi connectivity index (χ4v) is 3.59. The van der Waals surface area contributed by atoms with Gasteiger partial charge in [0.25, 0.3) is 17.4 Å². The van der Waals surface area contributed by atoms with Crippen molar-refractivity contribution in [2.24, 2.45) is 0 Å². The van der Waals surface area contributed by atoms with Crippen molar-refractivity contribution in [3.05, 3.63) is 63.3 Å². The second-order valence-electron chi connectivity index (χ2n) is 7.52. The van der Waals surface area contributed by atoms with Crippen LogP contribution >= 0.6 is 0 Å². The lowest BCUT2D eigenvalue weighted by Gasteiger charge is -2.13. The van der Waals surface area contributed by atoms with Crippen LogP contribution in [0.2, 0.25) is 0 Å². The van der Waals surface area contributed by atoms with Gasteiger partial charge in [0.15, 0.2) is 5.69 Å². The van der Waals surface area contributed by atoms with E-state index in [2.05, 4.69) is 16.0 Å². The number of aryl methyl sites for hydroxylation is 2. The third-order valence-electron chi connectivity index (χ3n) is 5.20. The summed E-state index contributed by atoms with van der Waals surface area (Å²) in [6.07, 6.45) is 0.673. The molecule has 0 bridgehead atoms. The monoisotopic (exact) mass is 453 g/mol. The number of rotatable bonds is 7. The highest BCUT2D eigenvalue weighted by atomic mass is 16.5. The molecule has 3 aromatic rings. The topological polar surface area (TPSA) is 124 Å². The SMILES string of the molecule is CCCn1nc(C(=O)NNC(=O)Cn2c(C)cc(C(=O)OCC)c2C)c2ccccc2c1=O. The van der Waals surface area contributed by atoms with Gasteiger partial charge in [0.1, 0.15) is 6.54 Å². The van der Waals surface area contributed by atoms with E-state index in [1.165, 1.54) is 4.68 Å². The molecule has 10 heteroatoms. The van der Waals surface area contributed by atoms with Gasteiger partial charge in [0.05, 0.1) is 17.6 Å². The van der Waals surface area contributed by atoms with E-state index in [0.717, 1.165) is 0 Å². The molecule has 2 N–H and O–H groups in total. The van der Waals surface area contributed by atoms with Crippen LogP contribution in [0.5, 0.6) is 0 Å². The Morgan fingerprint density at radius 2 is 1.76 bits per heavy atom. The van der Waals surface area contributed by atoms with Crippen LogP contribution in [0.1, 0.15) is 52.5 Å². The zero-order valence-corrected chi connectivity index (χ0v) is 19.1. The number of hydrazine groups is 1. The molecule has 0 saturated heterocycles. The summed E-state index contributed by atoms with van der Waals surface area (Å²) in [4.78, 5) is 50.0. The van der Waals surface area contributed by atoms with Crippen molar-refractivity contribution in [2.45, 2.75) is 47.2 Å². The number of aromatic nitrogens is 3. The van der Waals surface area contributed by atoms with Crippen LogP contribution in [0.25, 0.3) is 10.8 Å². The van der Waals surface area contributed by atoms with E-state index in [1.807, 2.05) is 6.92 Å². The van der Waals surface area contributed by atoms with Crippen molar-refractivity contribution in [3.8, 4) is 0 Å². The number of nitrogens with one attached hydrogen (secondary N) is 2. The zero-order chi connectivity index (χ0) is 24.1. The van der Waals surface area contributed by atoms with Crippen molar-refractivity contribution < 1.29 is 19.1 Å². The van der Waals surface area contributed by atoms with Gasteiger partial charge < -0.3 is 9.30 Å². The summed E-state index contributed by atoms with van der Waals surface area (Å²) in [5.74, 6) is -1.59. The van der Waals surface area contributed by atoms with E-state index in [-0.39, 0.29) is 24.4 Å². The van der Waals surface area contributed by atoms with E-state index in [4.69, 9.17) is 4.74 Å². The Hall–Kier alpha value is -3.95. The molecule has 174 valence electrons. The molecule has 0 saturated carbocycles. The van der Waals surface area contributed by atoms with Gasteiger partial charge in [-0.2, -0.15) is 5.10 Å². The molecule has 3 rings (SSSR count). The average molecular weight is 453 g/mol. The first-order valence-electron chi connectivity index (χ1n) is 10.7. The molecule has 0 fully saturated rings. The molecule has 2 aromatic heterocycles. The Morgan fingerprint density at radius 1 is 1.06 bits per heavy atom. The van der Waals surface area contributed by atoms with Gasteiger partial charge in [-0.3, -0.25) is 25.2 Å². The van der Waals surface area contributed by atoms with Crippen LogP contribution in [0.3, 0.4) is 0 Å². The Bertz CT molecular complexity index is 1270. The Kier molecular flexibility index (Phi) is 7.27. The summed E-state index contributed by atoms with van der Waals surface area (Å²) in [7, 11) is 0. The first kappa shape index (κ1) is 23.7. The first-order chi connectivity index (χ1) is 15.8. The quantitative estimate of drug-likeness (QED) is 0.416. The number of hydrogen-bond donors (Lipinski definition) is 2. The summed E-state index contributed by atoms with van der Waals surface area (Å²) in [5, 5.41) is 4.98. The van der Waals surface area contributed by atoms with Crippen LogP contribution in [0, 0.1) is 13.8 Å². The minimum atomic E-state index is -0.641. The van der Waals surface area contributed by atoms with Crippen molar-refractivity contribution >= 4 is 28.6 Å². The van der Waals surface area contributed by atoms with E-state index in [0.29, 0.717) is 40.7 Å². The summed E-state index contributed by atoms with van der Waals surface area (Å²) in [6, 6.07) is 8.36. The van der Waals surface area contributed by atoms with Crippen molar-refractivity contribution in [1.82, 2.24) is 25.2 Å². The third-order valence-corrected chi connectivity index (χ3v) is 5.20. The van der Waals surface area contributed by atoms with Crippen LogP contribution in [0.4, 0.5) is 0 Å². The number of fused-ring (bicyclic) bond motifs is 1. The average Bonchev–Trinajstić information content (AvgIpc) is 3.08. The van der Waals surface area contributed by atoms with E-state index < -0.39 is 17.8 Å². The molecule has 2 amide bonds. The fourth-order valence-electron chi connectivity index (χ4n) is 3.59.